The first-order chi connectivity index (χ1) is 9.34. The van der Waals surface area contributed by atoms with E-state index in [9.17, 15) is 9.50 Å². The highest BCUT2D eigenvalue weighted by molar-refractivity contribution is 5.41. The second-order valence-electron chi connectivity index (χ2n) is 5.29. The van der Waals surface area contributed by atoms with E-state index in [0.717, 1.165) is 11.1 Å². The van der Waals surface area contributed by atoms with Crippen LogP contribution < -0.4 is 4.74 Å². The van der Waals surface area contributed by atoms with Crippen LogP contribution >= 0.6 is 0 Å². The van der Waals surface area contributed by atoms with Gasteiger partial charge in [-0.1, -0.05) is 29.3 Å². The first-order valence-electron chi connectivity index (χ1n) is 6.50. The smallest absolute Gasteiger partial charge is 0.133 e. The predicted octanol–water partition coefficient (Wildman–Crippen LogP) is 3.71. The maximum atomic E-state index is 14.2. The lowest BCUT2D eigenvalue weighted by molar-refractivity contribution is 0.0977. The highest BCUT2D eigenvalue weighted by Crippen LogP contribution is 2.33. The molecule has 0 bridgehead atoms. The van der Waals surface area contributed by atoms with Gasteiger partial charge in [0.1, 0.15) is 17.2 Å². The molecule has 0 saturated carbocycles. The molecular formula is C17H19FO2. The molecule has 0 aromatic heterocycles. The summed E-state index contributed by atoms with van der Waals surface area (Å²) < 4.78 is 19.2. The van der Waals surface area contributed by atoms with Crippen LogP contribution in [0.3, 0.4) is 0 Å². The summed E-state index contributed by atoms with van der Waals surface area (Å²) in [5, 5.41) is 10.8. The van der Waals surface area contributed by atoms with Crippen molar-refractivity contribution in [2.24, 2.45) is 0 Å². The van der Waals surface area contributed by atoms with Gasteiger partial charge in [0.25, 0.3) is 0 Å². The fraction of sp³-hybridized carbons (Fsp3) is 0.294. The SMILES string of the molecule is COc1ccc(C(C)(O)c2cc(C)cc(C)c2)c(F)c1. The van der Waals surface area contributed by atoms with Gasteiger partial charge in [-0.05, 0) is 38.5 Å². The van der Waals surface area contributed by atoms with E-state index >= 15 is 0 Å². The number of halogens is 1. The van der Waals surface area contributed by atoms with Crippen LogP contribution in [0.4, 0.5) is 4.39 Å². The number of hydrogen-bond donors (Lipinski definition) is 1. The third kappa shape index (κ3) is 2.68. The Morgan fingerprint density at radius 1 is 1.05 bits per heavy atom. The lowest BCUT2D eigenvalue weighted by Crippen LogP contribution is -2.24. The minimum absolute atomic E-state index is 0.239. The number of benzene rings is 2. The van der Waals surface area contributed by atoms with Crippen molar-refractivity contribution in [3.63, 3.8) is 0 Å². The molecule has 106 valence electrons. The predicted molar refractivity (Wildman–Crippen MR) is 77.5 cm³/mol. The molecule has 3 heteroatoms. The van der Waals surface area contributed by atoms with Crippen LogP contribution in [0, 0.1) is 19.7 Å². The standard InChI is InChI=1S/C17H19FO2/c1-11-7-12(2)9-13(8-11)17(3,19)15-6-5-14(20-4)10-16(15)18/h5-10,19H,1-4H3. The summed E-state index contributed by atoms with van der Waals surface area (Å²) in [7, 11) is 1.48. The van der Waals surface area contributed by atoms with Crippen molar-refractivity contribution >= 4 is 0 Å². The fourth-order valence-corrected chi connectivity index (χ4v) is 2.43. The average Bonchev–Trinajstić information content (AvgIpc) is 2.37. The molecule has 1 unspecified atom stereocenters. The number of hydrogen-bond acceptors (Lipinski definition) is 2. The first-order valence-corrected chi connectivity index (χ1v) is 6.50. The van der Waals surface area contributed by atoms with E-state index < -0.39 is 11.4 Å². The lowest BCUT2D eigenvalue weighted by atomic mass is 9.86. The van der Waals surface area contributed by atoms with E-state index in [4.69, 9.17) is 4.74 Å². The quantitative estimate of drug-likeness (QED) is 0.924. The van der Waals surface area contributed by atoms with E-state index in [0.29, 0.717) is 11.3 Å². The van der Waals surface area contributed by atoms with Gasteiger partial charge in [-0.25, -0.2) is 4.39 Å². The highest BCUT2D eigenvalue weighted by Gasteiger charge is 2.29. The van der Waals surface area contributed by atoms with Crippen molar-refractivity contribution < 1.29 is 14.2 Å². The molecule has 0 radical (unpaired) electrons. The van der Waals surface area contributed by atoms with Crippen molar-refractivity contribution in [2.75, 3.05) is 7.11 Å². The molecule has 0 saturated heterocycles. The fourth-order valence-electron chi connectivity index (χ4n) is 2.43. The van der Waals surface area contributed by atoms with Crippen LogP contribution in [-0.4, -0.2) is 12.2 Å². The van der Waals surface area contributed by atoms with Crippen LogP contribution in [0.25, 0.3) is 0 Å². The molecule has 0 spiro atoms. The second-order valence-corrected chi connectivity index (χ2v) is 5.29. The largest absolute Gasteiger partial charge is 0.497 e. The summed E-state index contributed by atoms with van der Waals surface area (Å²) in [6, 6.07) is 10.3. The van der Waals surface area contributed by atoms with Crippen molar-refractivity contribution in [2.45, 2.75) is 26.4 Å². The first kappa shape index (κ1) is 14.5. The maximum absolute atomic E-state index is 14.2. The van der Waals surface area contributed by atoms with Gasteiger partial charge in [0, 0.05) is 11.6 Å². The molecule has 0 aliphatic heterocycles. The Hall–Kier alpha value is -1.87. The third-order valence-corrected chi connectivity index (χ3v) is 3.48. The van der Waals surface area contributed by atoms with Gasteiger partial charge in [-0.3, -0.25) is 0 Å². The minimum atomic E-state index is -1.38. The second kappa shape index (κ2) is 5.25. The molecule has 2 nitrogen and oxygen atoms in total. The molecule has 1 N–H and O–H groups in total. The van der Waals surface area contributed by atoms with E-state index in [1.165, 1.54) is 13.2 Å². The molecule has 0 heterocycles. The number of ether oxygens (including phenoxy) is 1. The van der Waals surface area contributed by atoms with Gasteiger partial charge in [0.05, 0.1) is 7.11 Å². The van der Waals surface area contributed by atoms with Gasteiger partial charge in [0.2, 0.25) is 0 Å². The molecule has 2 rings (SSSR count). The summed E-state index contributed by atoms with van der Waals surface area (Å²) in [6.07, 6.45) is 0. The Labute approximate surface area is 118 Å². The molecule has 0 amide bonds. The van der Waals surface area contributed by atoms with Crippen LogP contribution in [0.2, 0.25) is 0 Å². The zero-order valence-electron chi connectivity index (χ0n) is 12.2. The number of aryl methyl sites for hydroxylation is 2. The van der Waals surface area contributed by atoms with Crippen molar-refractivity contribution in [1.29, 1.82) is 0 Å². The molecule has 0 aliphatic rings. The molecule has 0 fully saturated rings. The highest BCUT2D eigenvalue weighted by atomic mass is 19.1. The molecular weight excluding hydrogens is 255 g/mol. The summed E-state index contributed by atoms with van der Waals surface area (Å²) >= 11 is 0. The number of rotatable bonds is 3. The Morgan fingerprint density at radius 2 is 1.65 bits per heavy atom. The Bertz CT molecular complexity index is 613. The summed E-state index contributed by atoms with van der Waals surface area (Å²) in [5.41, 5.74) is 1.61. The third-order valence-electron chi connectivity index (χ3n) is 3.48. The van der Waals surface area contributed by atoms with Crippen molar-refractivity contribution in [3.8, 4) is 5.75 Å². The van der Waals surface area contributed by atoms with Gasteiger partial charge in [-0.2, -0.15) is 0 Å². The van der Waals surface area contributed by atoms with Gasteiger partial charge in [-0.15, -0.1) is 0 Å². The van der Waals surface area contributed by atoms with E-state index in [-0.39, 0.29) is 5.56 Å². The van der Waals surface area contributed by atoms with Gasteiger partial charge >= 0.3 is 0 Å². The Balaban J connectivity index is 2.53. The van der Waals surface area contributed by atoms with Crippen LogP contribution in [-0.2, 0) is 5.60 Å². The normalized spacial score (nSPS) is 13.9. The molecule has 1 atom stereocenters. The van der Waals surface area contributed by atoms with Crippen LogP contribution in [0.15, 0.2) is 36.4 Å². The zero-order valence-corrected chi connectivity index (χ0v) is 12.2. The Morgan fingerprint density at radius 3 is 2.15 bits per heavy atom. The topological polar surface area (TPSA) is 29.5 Å². The van der Waals surface area contributed by atoms with Crippen molar-refractivity contribution in [3.05, 3.63) is 64.5 Å². The minimum Gasteiger partial charge on any atom is -0.497 e. The lowest BCUT2D eigenvalue weighted by Gasteiger charge is -2.26. The summed E-state index contributed by atoms with van der Waals surface area (Å²) in [6.45, 7) is 5.51. The van der Waals surface area contributed by atoms with Crippen LogP contribution in [0.1, 0.15) is 29.2 Å². The summed E-state index contributed by atoms with van der Waals surface area (Å²) in [4.78, 5) is 0. The monoisotopic (exact) mass is 274 g/mol. The maximum Gasteiger partial charge on any atom is 0.133 e. The van der Waals surface area contributed by atoms with Crippen LogP contribution in [0.5, 0.6) is 5.75 Å². The Kier molecular flexibility index (Phi) is 3.82. The molecule has 0 aliphatic carbocycles. The van der Waals surface area contributed by atoms with E-state index in [2.05, 4.69) is 0 Å². The van der Waals surface area contributed by atoms with E-state index in [1.807, 2.05) is 32.0 Å². The van der Waals surface area contributed by atoms with Crippen molar-refractivity contribution in [1.82, 2.24) is 0 Å². The number of aliphatic hydroxyl groups is 1. The van der Waals surface area contributed by atoms with Gasteiger partial charge in [0.15, 0.2) is 0 Å². The number of methoxy groups -OCH3 is 1. The molecule has 2 aromatic carbocycles. The zero-order chi connectivity index (χ0) is 14.9. The molecule has 20 heavy (non-hydrogen) atoms. The summed E-state index contributed by atoms with van der Waals surface area (Å²) in [5.74, 6) is -0.0454. The average molecular weight is 274 g/mol. The van der Waals surface area contributed by atoms with Gasteiger partial charge < -0.3 is 9.84 Å². The molecule has 2 aromatic rings. The van der Waals surface area contributed by atoms with E-state index in [1.54, 1.807) is 19.1 Å².